The summed E-state index contributed by atoms with van der Waals surface area (Å²) in [6, 6.07) is 21.2. The molecule has 5 nitrogen and oxygen atoms in total. The number of aryl methyl sites for hydroxylation is 1. The summed E-state index contributed by atoms with van der Waals surface area (Å²) < 4.78 is 0. The number of carboxylic acids is 2. The Bertz CT molecular complexity index is 974. The average Bonchev–Trinajstić information content (AvgIpc) is 2.69. The Morgan fingerprint density at radius 1 is 0.607 bits per heavy atom. The van der Waals surface area contributed by atoms with E-state index < -0.39 is 11.9 Å². The lowest BCUT2D eigenvalue weighted by Crippen LogP contribution is -2.06. The lowest BCUT2D eigenvalue weighted by Gasteiger charge is -2.03. The fourth-order valence-corrected chi connectivity index (χ4v) is 2.67. The molecule has 0 fully saturated rings. The highest BCUT2D eigenvalue weighted by atomic mass is 16.4. The summed E-state index contributed by atoms with van der Waals surface area (Å²) >= 11 is 0. The Labute approximate surface area is 162 Å². The minimum absolute atomic E-state index is 0.0277. The third-order valence-electron chi connectivity index (χ3n) is 4.22. The van der Waals surface area contributed by atoms with Crippen LogP contribution in [0.1, 0.15) is 47.8 Å². The average molecular weight is 376 g/mol. The zero-order valence-corrected chi connectivity index (χ0v) is 15.5. The maximum atomic E-state index is 12.1. The highest BCUT2D eigenvalue weighted by Gasteiger charge is 2.13. The number of hydrogen-bond donors (Lipinski definition) is 2. The van der Waals surface area contributed by atoms with E-state index in [9.17, 15) is 14.4 Å². The highest BCUT2D eigenvalue weighted by molar-refractivity contribution is 6.09. The minimum atomic E-state index is -1.11. The van der Waals surface area contributed by atoms with Gasteiger partial charge in [0.15, 0.2) is 5.78 Å². The standard InChI is InChI=1S/C14H12O.C9H8O4/c1-11-7-5-6-10-13(11)14(15)12-8-3-2-4-9-12;1-5-6(8(10)11)3-2-4-7(5)9(12)13/h2-10H,1H3;2-4H,1H3,(H,10,11)(H,12,13). The Hall–Kier alpha value is -3.73. The predicted molar refractivity (Wildman–Crippen MR) is 106 cm³/mol. The Kier molecular flexibility index (Phi) is 6.82. The molecule has 0 aliphatic heterocycles. The van der Waals surface area contributed by atoms with E-state index in [0.29, 0.717) is 0 Å². The van der Waals surface area contributed by atoms with E-state index in [2.05, 4.69) is 0 Å². The Morgan fingerprint density at radius 3 is 1.57 bits per heavy atom. The summed E-state index contributed by atoms with van der Waals surface area (Å²) in [6.07, 6.45) is 0. The number of carboxylic acid groups (broad SMARTS) is 2. The van der Waals surface area contributed by atoms with E-state index >= 15 is 0 Å². The number of aromatic carboxylic acids is 2. The summed E-state index contributed by atoms with van der Waals surface area (Å²) in [6.45, 7) is 3.43. The number of hydrogen-bond acceptors (Lipinski definition) is 3. The second-order valence-corrected chi connectivity index (χ2v) is 6.10. The van der Waals surface area contributed by atoms with E-state index in [0.717, 1.165) is 16.7 Å². The molecule has 0 unspecified atom stereocenters. The lowest BCUT2D eigenvalue weighted by molar-refractivity contribution is 0.0696. The zero-order chi connectivity index (χ0) is 20.7. The van der Waals surface area contributed by atoms with Crippen LogP contribution in [0.5, 0.6) is 0 Å². The van der Waals surface area contributed by atoms with Gasteiger partial charge in [-0.05, 0) is 37.1 Å². The fraction of sp³-hybridized carbons (Fsp3) is 0.0870. The summed E-state index contributed by atoms with van der Waals surface area (Å²) in [5.41, 5.74) is 2.88. The van der Waals surface area contributed by atoms with Crippen LogP contribution in [0.4, 0.5) is 0 Å². The number of benzene rings is 3. The zero-order valence-electron chi connectivity index (χ0n) is 15.5. The molecule has 0 aliphatic rings. The van der Waals surface area contributed by atoms with E-state index in [1.54, 1.807) is 0 Å². The minimum Gasteiger partial charge on any atom is -0.478 e. The topological polar surface area (TPSA) is 91.7 Å². The van der Waals surface area contributed by atoms with E-state index in [-0.39, 0.29) is 22.5 Å². The normalized spacial score (nSPS) is 9.79. The van der Waals surface area contributed by atoms with Gasteiger partial charge in [0.05, 0.1) is 11.1 Å². The molecule has 0 saturated carbocycles. The number of ketones is 1. The lowest BCUT2D eigenvalue weighted by atomic mass is 9.99. The van der Waals surface area contributed by atoms with Gasteiger partial charge in [0.2, 0.25) is 0 Å². The van der Waals surface area contributed by atoms with Crippen LogP contribution in [0.3, 0.4) is 0 Å². The van der Waals surface area contributed by atoms with Gasteiger partial charge in [-0.25, -0.2) is 9.59 Å². The number of rotatable bonds is 4. The van der Waals surface area contributed by atoms with Gasteiger partial charge in [-0.1, -0.05) is 60.7 Å². The summed E-state index contributed by atoms with van der Waals surface area (Å²) in [5.74, 6) is -2.13. The van der Waals surface area contributed by atoms with Crippen molar-refractivity contribution >= 4 is 17.7 Å². The molecule has 5 heteroatoms. The van der Waals surface area contributed by atoms with Gasteiger partial charge >= 0.3 is 11.9 Å². The predicted octanol–water partition coefficient (Wildman–Crippen LogP) is 4.62. The van der Waals surface area contributed by atoms with E-state index in [4.69, 9.17) is 10.2 Å². The van der Waals surface area contributed by atoms with Crippen LogP contribution in [0.25, 0.3) is 0 Å². The first kappa shape index (κ1) is 20.6. The van der Waals surface area contributed by atoms with Gasteiger partial charge < -0.3 is 10.2 Å². The molecule has 0 atom stereocenters. The van der Waals surface area contributed by atoms with E-state index in [1.807, 2.05) is 61.5 Å². The van der Waals surface area contributed by atoms with Crippen molar-refractivity contribution in [2.45, 2.75) is 13.8 Å². The van der Waals surface area contributed by atoms with Crippen molar-refractivity contribution < 1.29 is 24.6 Å². The van der Waals surface area contributed by atoms with Gasteiger partial charge in [-0.15, -0.1) is 0 Å². The molecule has 0 heterocycles. The quantitative estimate of drug-likeness (QED) is 0.649. The highest BCUT2D eigenvalue weighted by Crippen LogP contribution is 2.14. The molecule has 3 aromatic carbocycles. The molecule has 0 amide bonds. The van der Waals surface area contributed by atoms with E-state index in [1.165, 1.54) is 25.1 Å². The fourth-order valence-electron chi connectivity index (χ4n) is 2.67. The Morgan fingerprint density at radius 2 is 1.07 bits per heavy atom. The molecule has 2 N–H and O–H groups in total. The van der Waals surface area contributed by atoms with Gasteiger partial charge in [-0.2, -0.15) is 0 Å². The smallest absolute Gasteiger partial charge is 0.335 e. The molecular formula is C23H20O5. The molecule has 0 spiro atoms. The van der Waals surface area contributed by atoms with Crippen LogP contribution in [0, 0.1) is 13.8 Å². The van der Waals surface area contributed by atoms with Crippen LogP contribution in [-0.4, -0.2) is 27.9 Å². The molecule has 3 rings (SSSR count). The second kappa shape index (κ2) is 9.28. The van der Waals surface area contributed by atoms with Gasteiger partial charge in [0, 0.05) is 11.1 Å². The van der Waals surface area contributed by atoms with Crippen molar-refractivity contribution in [3.63, 3.8) is 0 Å². The third-order valence-corrected chi connectivity index (χ3v) is 4.22. The number of carbonyl (C=O) groups excluding carboxylic acids is 1. The first-order valence-corrected chi connectivity index (χ1v) is 8.54. The van der Waals surface area contributed by atoms with Crippen molar-refractivity contribution in [1.82, 2.24) is 0 Å². The van der Waals surface area contributed by atoms with Gasteiger partial charge in [0.25, 0.3) is 0 Å². The maximum Gasteiger partial charge on any atom is 0.335 e. The summed E-state index contributed by atoms with van der Waals surface area (Å²) in [5, 5.41) is 17.4. The molecule has 3 aromatic rings. The van der Waals surface area contributed by atoms with Gasteiger partial charge in [0.1, 0.15) is 0 Å². The monoisotopic (exact) mass is 376 g/mol. The molecule has 28 heavy (non-hydrogen) atoms. The van der Waals surface area contributed by atoms with Crippen LogP contribution in [-0.2, 0) is 0 Å². The van der Waals surface area contributed by atoms with Crippen molar-refractivity contribution in [2.75, 3.05) is 0 Å². The molecule has 0 saturated heterocycles. The first-order chi connectivity index (χ1) is 13.3. The van der Waals surface area contributed by atoms with Crippen LogP contribution in [0.15, 0.2) is 72.8 Å². The molecule has 0 aromatic heterocycles. The summed E-state index contributed by atoms with van der Waals surface area (Å²) in [4.78, 5) is 33.3. The number of carbonyl (C=O) groups is 3. The van der Waals surface area contributed by atoms with Crippen LogP contribution < -0.4 is 0 Å². The van der Waals surface area contributed by atoms with Gasteiger partial charge in [-0.3, -0.25) is 4.79 Å². The van der Waals surface area contributed by atoms with Crippen molar-refractivity contribution in [3.8, 4) is 0 Å². The van der Waals surface area contributed by atoms with Crippen molar-refractivity contribution in [2.24, 2.45) is 0 Å². The van der Waals surface area contributed by atoms with Crippen LogP contribution in [0.2, 0.25) is 0 Å². The Balaban J connectivity index is 0.000000203. The third kappa shape index (κ3) is 4.92. The summed E-state index contributed by atoms with van der Waals surface area (Å²) in [7, 11) is 0. The van der Waals surface area contributed by atoms with Crippen molar-refractivity contribution in [3.05, 3.63) is 106 Å². The van der Waals surface area contributed by atoms with Crippen LogP contribution >= 0.6 is 0 Å². The molecule has 0 aliphatic carbocycles. The second-order valence-electron chi connectivity index (χ2n) is 6.10. The SMILES string of the molecule is Cc1c(C(=O)O)cccc1C(=O)O.Cc1ccccc1C(=O)c1ccccc1. The molecule has 0 radical (unpaired) electrons. The van der Waals surface area contributed by atoms with Crippen molar-refractivity contribution in [1.29, 1.82) is 0 Å². The molecular weight excluding hydrogens is 356 g/mol. The molecule has 0 bridgehead atoms. The maximum absolute atomic E-state index is 12.1. The molecule has 142 valence electrons. The first-order valence-electron chi connectivity index (χ1n) is 8.54. The largest absolute Gasteiger partial charge is 0.478 e.